The Bertz CT molecular complexity index is 2010. The van der Waals surface area contributed by atoms with Crippen molar-refractivity contribution in [3.8, 4) is 11.5 Å². The number of benzene rings is 6. The summed E-state index contributed by atoms with van der Waals surface area (Å²) in [5, 5.41) is 0.323. The minimum absolute atomic E-state index is 0.0524. The van der Waals surface area contributed by atoms with E-state index in [-0.39, 0.29) is 11.6 Å². The van der Waals surface area contributed by atoms with Gasteiger partial charge in [0.25, 0.3) is 0 Å². The molecule has 0 aliphatic heterocycles. The maximum Gasteiger partial charge on any atom is 0.176 e. The second-order valence-corrected chi connectivity index (χ2v) is 14.2. The van der Waals surface area contributed by atoms with Gasteiger partial charge in [-0.2, -0.15) is 0 Å². The van der Waals surface area contributed by atoms with Gasteiger partial charge in [-0.25, -0.2) is 0 Å². The first kappa shape index (κ1) is 43.7. The highest BCUT2D eigenvalue weighted by molar-refractivity contribution is 9.09. The largest absolute Gasteiger partial charge is 0.493 e. The molecule has 0 amide bonds. The van der Waals surface area contributed by atoms with Crippen LogP contribution in [0.15, 0.2) is 170 Å². The van der Waals surface area contributed by atoms with E-state index in [1.54, 1.807) is 12.1 Å². The Balaban J connectivity index is 0.000000249. The lowest BCUT2D eigenvalue weighted by Gasteiger charge is -2.22. The van der Waals surface area contributed by atoms with Gasteiger partial charge >= 0.3 is 0 Å². The first-order valence-electron chi connectivity index (χ1n) is 19.7. The van der Waals surface area contributed by atoms with Gasteiger partial charge in [-0.15, -0.1) is 0 Å². The molecule has 6 aromatic rings. The fourth-order valence-electron chi connectivity index (χ4n) is 5.97. The number of Topliss-reactive ketones (excluding diaryl/α,β-unsaturated/α-hetero) is 2. The first-order valence-corrected chi connectivity index (χ1v) is 20.8. The van der Waals surface area contributed by atoms with E-state index in [1.165, 1.54) is 22.3 Å². The summed E-state index contributed by atoms with van der Waals surface area (Å²) in [6, 6.07) is 55.5. The highest BCUT2D eigenvalue weighted by Gasteiger charge is 2.15. The van der Waals surface area contributed by atoms with Crippen molar-refractivity contribution in [1.82, 2.24) is 4.90 Å². The molecule has 0 aliphatic carbocycles. The van der Waals surface area contributed by atoms with Gasteiger partial charge in [-0.05, 0) is 46.5 Å². The fraction of sp³-hybridized carbons (Fsp3) is 0.240. The Morgan fingerprint density at radius 3 is 1.26 bits per heavy atom. The molecular formula is C50H52BrNO6. The number of carbonyl (C=O) groups excluding carboxylic acids is 2. The maximum absolute atomic E-state index is 13.2. The monoisotopic (exact) mass is 841 g/mol. The van der Waals surface area contributed by atoms with Crippen LogP contribution >= 0.6 is 15.9 Å². The molecule has 0 atom stereocenters. The van der Waals surface area contributed by atoms with E-state index in [0.29, 0.717) is 81.5 Å². The van der Waals surface area contributed by atoms with Gasteiger partial charge in [0.1, 0.15) is 11.5 Å². The zero-order chi connectivity index (χ0) is 40.5. The maximum atomic E-state index is 13.2. The van der Waals surface area contributed by atoms with Gasteiger partial charge in [0.15, 0.2) is 11.6 Å². The Morgan fingerprint density at radius 1 is 0.448 bits per heavy atom. The van der Waals surface area contributed by atoms with Gasteiger partial charge < -0.3 is 18.9 Å². The molecule has 0 bridgehead atoms. The van der Waals surface area contributed by atoms with Crippen LogP contribution < -0.4 is 9.47 Å². The highest BCUT2D eigenvalue weighted by atomic mass is 79.9. The van der Waals surface area contributed by atoms with Gasteiger partial charge in [-0.1, -0.05) is 162 Å². The van der Waals surface area contributed by atoms with Crippen molar-refractivity contribution in [2.75, 3.05) is 38.3 Å². The van der Waals surface area contributed by atoms with Crippen LogP contribution in [0, 0.1) is 0 Å². The average molecular weight is 843 g/mol. The Kier molecular flexibility index (Phi) is 19.4. The van der Waals surface area contributed by atoms with Crippen molar-refractivity contribution in [2.45, 2.75) is 39.1 Å². The molecule has 7 nitrogen and oxygen atoms in total. The number of ether oxygens (including phenoxy) is 4. The van der Waals surface area contributed by atoms with Crippen LogP contribution in [0.4, 0.5) is 0 Å². The summed E-state index contributed by atoms with van der Waals surface area (Å²) in [5.74, 6) is 1.56. The van der Waals surface area contributed by atoms with Gasteiger partial charge in [-0.3, -0.25) is 14.5 Å². The predicted molar refractivity (Wildman–Crippen MR) is 235 cm³/mol. The number of alkyl halides is 1. The summed E-state index contributed by atoms with van der Waals surface area (Å²) < 4.78 is 22.9. The second kappa shape index (κ2) is 25.8. The molecule has 58 heavy (non-hydrogen) atoms. The molecule has 0 unspecified atom stereocenters. The molecule has 0 aliphatic rings. The number of rotatable bonds is 23. The van der Waals surface area contributed by atoms with Crippen LogP contribution in [0.1, 0.15) is 55.8 Å². The smallest absolute Gasteiger partial charge is 0.176 e. The Morgan fingerprint density at radius 2 is 0.845 bits per heavy atom. The topological polar surface area (TPSA) is 74.3 Å². The molecule has 6 aromatic carbocycles. The third kappa shape index (κ3) is 16.6. The van der Waals surface area contributed by atoms with E-state index >= 15 is 0 Å². The molecule has 300 valence electrons. The molecule has 0 spiro atoms. The van der Waals surface area contributed by atoms with Crippen LogP contribution in [0.25, 0.3) is 0 Å². The molecule has 0 N–H and O–H groups in total. The van der Waals surface area contributed by atoms with Crippen molar-refractivity contribution in [1.29, 1.82) is 0 Å². The van der Waals surface area contributed by atoms with Crippen molar-refractivity contribution in [3.05, 3.63) is 203 Å². The van der Waals surface area contributed by atoms with Gasteiger partial charge in [0, 0.05) is 37.1 Å². The number of halogens is 1. The van der Waals surface area contributed by atoms with Crippen molar-refractivity contribution >= 4 is 27.5 Å². The molecule has 0 fully saturated rings. The van der Waals surface area contributed by atoms with E-state index in [4.69, 9.17) is 18.9 Å². The minimum Gasteiger partial charge on any atom is -0.493 e. The normalized spacial score (nSPS) is 10.7. The van der Waals surface area contributed by atoms with Crippen molar-refractivity contribution in [2.24, 2.45) is 0 Å². The zero-order valence-corrected chi connectivity index (χ0v) is 34.5. The summed E-state index contributed by atoms with van der Waals surface area (Å²) in [7, 11) is 0. The van der Waals surface area contributed by atoms with Crippen LogP contribution in [-0.4, -0.2) is 54.8 Å². The van der Waals surface area contributed by atoms with Crippen LogP contribution in [0.5, 0.6) is 11.5 Å². The standard InChI is InChI=1S/C32H33NO3.C18H19BrO3/c34-32(25-33(23-27-12-4-1-5-13-27)24-28-14-6-2-7-15-28)30-18-10-19-31(22-30)36-21-11-20-35-26-29-16-8-3-9-17-29;19-13-18(20)16-8-4-9-17(12-16)22-11-5-10-21-14-15-6-2-1-3-7-15/h1-10,12-19,22H,11,20-21,23-26H2;1-4,6-9,12H,5,10-11,13-14H2. The van der Waals surface area contributed by atoms with E-state index in [1.807, 2.05) is 121 Å². The van der Waals surface area contributed by atoms with Crippen molar-refractivity contribution < 1.29 is 28.5 Å². The number of ketones is 2. The van der Waals surface area contributed by atoms with Crippen LogP contribution in [0.2, 0.25) is 0 Å². The predicted octanol–water partition coefficient (Wildman–Crippen LogP) is 10.8. The summed E-state index contributed by atoms with van der Waals surface area (Å²) in [5.41, 5.74) is 6.04. The average Bonchev–Trinajstić information content (AvgIpc) is 3.27. The molecule has 0 radical (unpaired) electrons. The third-order valence-corrected chi connectivity index (χ3v) is 9.43. The van der Waals surface area contributed by atoms with Crippen molar-refractivity contribution in [3.63, 3.8) is 0 Å². The fourth-order valence-corrected chi connectivity index (χ4v) is 6.30. The molecule has 0 heterocycles. The number of carbonyl (C=O) groups is 2. The Labute approximate surface area is 351 Å². The lowest BCUT2D eigenvalue weighted by molar-refractivity contribution is 0.0918. The lowest BCUT2D eigenvalue weighted by Crippen LogP contribution is -2.29. The van der Waals surface area contributed by atoms with Gasteiger partial charge in [0.05, 0.1) is 51.5 Å². The lowest BCUT2D eigenvalue weighted by atomic mass is 10.1. The highest BCUT2D eigenvalue weighted by Crippen LogP contribution is 2.18. The molecule has 0 saturated carbocycles. The summed E-state index contributed by atoms with van der Waals surface area (Å²) in [6.45, 7) is 5.36. The molecule has 6 rings (SSSR count). The van der Waals surface area contributed by atoms with E-state index in [2.05, 4.69) is 57.2 Å². The molecule has 0 aromatic heterocycles. The SMILES string of the molecule is O=C(CBr)c1cccc(OCCCOCc2ccccc2)c1.O=C(CN(Cc1ccccc1)Cc1ccccc1)c1cccc(OCCCOCc2ccccc2)c1. The van der Waals surface area contributed by atoms with Crippen LogP contribution in [0.3, 0.4) is 0 Å². The molecule has 8 heteroatoms. The summed E-state index contributed by atoms with van der Waals surface area (Å²) in [6.07, 6.45) is 1.59. The van der Waals surface area contributed by atoms with E-state index in [9.17, 15) is 9.59 Å². The van der Waals surface area contributed by atoms with E-state index < -0.39 is 0 Å². The quantitative estimate of drug-likeness (QED) is 0.0361. The van der Waals surface area contributed by atoms with E-state index in [0.717, 1.165) is 18.6 Å². The minimum atomic E-state index is 0.0524. The zero-order valence-electron chi connectivity index (χ0n) is 32.9. The molecule has 0 saturated heterocycles. The molecular weight excluding hydrogens is 790 g/mol. The van der Waals surface area contributed by atoms with Gasteiger partial charge in [0.2, 0.25) is 0 Å². The number of nitrogens with zero attached hydrogens (tertiary/aromatic N) is 1. The summed E-state index contributed by atoms with van der Waals surface area (Å²) in [4.78, 5) is 27.0. The number of hydrogen-bond donors (Lipinski definition) is 0. The second-order valence-electron chi connectivity index (χ2n) is 13.6. The number of hydrogen-bond acceptors (Lipinski definition) is 7. The summed E-state index contributed by atoms with van der Waals surface area (Å²) >= 11 is 3.17. The Hall–Kier alpha value is -5.38. The van der Waals surface area contributed by atoms with Crippen LogP contribution in [-0.2, 0) is 35.8 Å². The third-order valence-electron chi connectivity index (χ3n) is 8.93. The first-order chi connectivity index (χ1) is 28.6.